The van der Waals surface area contributed by atoms with Crippen LogP contribution in [0.2, 0.25) is 0 Å². The maximum Gasteiger partial charge on any atom is 0.340 e. The second-order valence-corrected chi connectivity index (χ2v) is 8.68. The van der Waals surface area contributed by atoms with E-state index in [1.165, 1.54) is 38.8 Å². The third-order valence-corrected chi connectivity index (χ3v) is 6.90. The van der Waals surface area contributed by atoms with E-state index < -0.39 is 5.63 Å². The molecule has 1 N–H and O–H groups in total. The van der Waals surface area contributed by atoms with Crippen LogP contribution in [0, 0.1) is 12.8 Å². The number of nitrogens with one attached hydrogen (secondary N) is 1. The fraction of sp³-hybridized carbons (Fsp3) is 0.583. The molecule has 0 spiro atoms. The summed E-state index contributed by atoms with van der Waals surface area (Å²) in [5, 5.41) is 3.78. The first-order chi connectivity index (χ1) is 15.0. The molecular weight excluding hydrogens is 396 g/mol. The Hall–Kier alpha value is -2.54. The van der Waals surface area contributed by atoms with Gasteiger partial charge in [-0.15, -0.1) is 0 Å². The molecule has 2 aliphatic rings. The van der Waals surface area contributed by atoms with Crippen LogP contribution in [0.25, 0.3) is 11.0 Å². The summed E-state index contributed by atoms with van der Waals surface area (Å²) in [5.41, 5.74) is 0.975. The van der Waals surface area contributed by atoms with Crippen LogP contribution in [0.4, 0.5) is 0 Å². The largest absolute Gasteiger partial charge is 0.496 e. The first-order valence-corrected chi connectivity index (χ1v) is 11.2. The van der Waals surface area contributed by atoms with Crippen LogP contribution in [0.1, 0.15) is 43.2 Å². The van der Waals surface area contributed by atoms with Crippen molar-refractivity contribution in [2.75, 3.05) is 33.9 Å². The number of carbonyl (C=O) groups excluding carboxylic acids is 1. The van der Waals surface area contributed by atoms with E-state index in [1.54, 1.807) is 26.4 Å². The SMILES string of the molecule is COc1cc(OC)c2c(C)c(CC(=O)NC[C@@H]3CCCN4CCCCC34)c(=O)oc2c1. The van der Waals surface area contributed by atoms with E-state index in [1.807, 2.05) is 6.92 Å². The van der Waals surface area contributed by atoms with Crippen LogP contribution < -0.4 is 20.4 Å². The fourth-order valence-corrected chi connectivity index (χ4v) is 5.25. The van der Waals surface area contributed by atoms with Crippen molar-refractivity contribution in [3.05, 3.63) is 33.7 Å². The number of aryl methyl sites for hydroxylation is 1. The molecule has 1 aromatic heterocycles. The van der Waals surface area contributed by atoms with Gasteiger partial charge in [0.2, 0.25) is 5.91 Å². The monoisotopic (exact) mass is 428 g/mol. The Morgan fingerprint density at radius 1 is 1.16 bits per heavy atom. The number of rotatable bonds is 6. The normalized spacial score (nSPS) is 21.5. The molecule has 1 aromatic carbocycles. The standard InChI is InChI=1S/C24H32N2O5/c1-15-18(24(28)31-21-12-17(29-2)11-20(30-3)23(15)21)13-22(27)25-14-16-7-6-10-26-9-5-4-8-19(16)26/h11-12,16,19H,4-10,13-14H2,1-3H3,(H,25,27)/t16-,19?/m0/s1. The molecule has 7 nitrogen and oxygen atoms in total. The summed E-state index contributed by atoms with van der Waals surface area (Å²) < 4.78 is 16.3. The average molecular weight is 429 g/mol. The van der Waals surface area contributed by atoms with E-state index in [4.69, 9.17) is 13.9 Å². The molecule has 31 heavy (non-hydrogen) atoms. The molecule has 1 unspecified atom stereocenters. The molecule has 4 rings (SSSR count). The highest BCUT2D eigenvalue weighted by molar-refractivity contribution is 5.90. The number of fused-ring (bicyclic) bond motifs is 2. The first-order valence-electron chi connectivity index (χ1n) is 11.2. The van der Waals surface area contributed by atoms with Crippen molar-refractivity contribution in [3.63, 3.8) is 0 Å². The molecule has 3 heterocycles. The number of hydrogen-bond donors (Lipinski definition) is 1. The Morgan fingerprint density at radius 2 is 1.97 bits per heavy atom. The molecule has 2 atom stereocenters. The van der Waals surface area contributed by atoms with Gasteiger partial charge in [0.05, 0.1) is 31.6 Å². The smallest absolute Gasteiger partial charge is 0.340 e. The van der Waals surface area contributed by atoms with Gasteiger partial charge in [0, 0.05) is 24.7 Å². The number of benzene rings is 1. The van der Waals surface area contributed by atoms with Gasteiger partial charge in [0.15, 0.2) is 0 Å². The van der Waals surface area contributed by atoms with Crippen LogP contribution in [-0.4, -0.2) is 50.7 Å². The lowest BCUT2D eigenvalue weighted by Gasteiger charge is -2.44. The van der Waals surface area contributed by atoms with Crippen molar-refractivity contribution in [3.8, 4) is 11.5 Å². The Labute approximate surface area is 182 Å². The summed E-state index contributed by atoms with van der Waals surface area (Å²) >= 11 is 0. The highest BCUT2D eigenvalue weighted by Gasteiger charge is 2.33. The Bertz CT molecular complexity index is 1010. The number of methoxy groups -OCH3 is 2. The quantitative estimate of drug-likeness (QED) is 0.713. The summed E-state index contributed by atoms with van der Waals surface area (Å²) in [6, 6.07) is 3.99. The molecule has 0 radical (unpaired) electrons. The molecule has 2 saturated heterocycles. The molecule has 0 saturated carbocycles. The van der Waals surface area contributed by atoms with E-state index in [9.17, 15) is 9.59 Å². The third kappa shape index (κ3) is 4.42. The van der Waals surface area contributed by atoms with Gasteiger partial charge < -0.3 is 24.1 Å². The number of nitrogens with zero attached hydrogens (tertiary/aromatic N) is 1. The van der Waals surface area contributed by atoms with E-state index in [0.29, 0.717) is 52.1 Å². The van der Waals surface area contributed by atoms with Gasteiger partial charge in [-0.05, 0) is 57.2 Å². The zero-order valence-corrected chi connectivity index (χ0v) is 18.7. The summed E-state index contributed by atoms with van der Waals surface area (Å²) in [6.07, 6.45) is 6.11. The Balaban J connectivity index is 1.50. The Kier molecular flexibility index (Phi) is 6.51. The molecule has 1 amide bonds. The maximum absolute atomic E-state index is 12.8. The third-order valence-electron chi connectivity index (χ3n) is 6.90. The van der Waals surface area contributed by atoms with Crippen molar-refractivity contribution >= 4 is 16.9 Å². The van der Waals surface area contributed by atoms with Gasteiger partial charge >= 0.3 is 5.63 Å². The molecule has 168 valence electrons. The van der Waals surface area contributed by atoms with Gasteiger partial charge in [-0.1, -0.05) is 6.42 Å². The zero-order valence-electron chi connectivity index (χ0n) is 18.7. The van der Waals surface area contributed by atoms with Gasteiger partial charge in [-0.3, -0.25) is 4.79 Å². The summed E-state index contributed by atoms with van der Waals surface area (Å²) in [6.45, 7) is 4.86. The zero-order chi connectivity index (χ0) is 22.0. The lowest BCUT2D eigenvalue weighted by atomic mass is 9.83. The van der Waals surface area contributed by atoms with Gasteiger partial charge in [0.1, 0.15) is 17.1 Å². The van der Waals surface area contributed by atoms with Crippen LogP contribution >= 0.6 is 0 Å². The number of amides is 1. The molecule has 2 aromatic rings. The highest BCUT2D eigenvalue weighted by Crippen LogP contribution is 2.34. The summed E-state index contributed by atoms with van der Waals surface area (Å²) in [4.78, 5) is 28.0. The molecule has 2 aliphatic heterocycles. The first kappa shape index (κ1) is 21.7. The molecular formula is C24H32N2O5. The number of piperidine rings is 2. The van der Waals surface area contributed by atoms with Crippen LogP contribution in [0.3, 0.4) is 0 Å². The van der Waals surface area contributed by atoms with Gasteiger partial charge in [0.25, 0.3) is 0 Å². The minimum Gasteiger partial charge on any atom is -0.496 e. The molecule has 0 aliphatic carbocycles. The fourth-order valence-electron chi connectivity index (χ4n) is 5.25. The predicted molar refractivity (Wildman–Crippen MR) is 119 cm³/mol. The van der Waals surface area contributed by atoms with Crippen molar-refractivity contribution < 1.29 is 18.7 Å². The topological polar surface area (TPSA) is 81.0 Å². The lowest BCUT2D eigenvalue weighted by Crippen LogP contribution is -2.51. The number of ether oxygens (including phenoxy) is 2. The van der Waals surface area contributed by atoms with Crippen molar-refractivity contribution in [1.29, 1.82) is 0 Å². The van der Waals surface area contributed by atoms with E-state index in [2.05, 4.69) is 10.2 Å². The van der Waals surface area contributed by atoms with E-state index in [0.717, 1.165) is 6.42 Å². The van der Waals surface area contributed by atoms with Crippen LogP contribution in [-0.2, 0) is 11.2 Å². The summed E-state index contributed by atoms with van der Waals surface area (Å²) in [5.74, 6) is 1.44. The average Bonchev–Trinajstić information content (AvgIpc) is 2.79. The lowest BCUT2D eigenvalue weighted by molar-refractivity contribution is -0.120. The predicted octanol–water partition coefficient (Wildman–Crippen LogP) is 3.04. The van der Waals surface area contributed by atoms with Crippen LogP contribution in [0.15, 0.2) is 21.3 Å². The van der Waals surface area contributed by atoms with Crippen molar-refractivity contribution in [2.24, 2.45) is 5.92 Å². The second-order valence-electron chi connectivity index (χ2n) is 8.68. The minimum atomic E-state index is -0.494. The summed E-state index contributed by atoms with van der Waals surface area (Å²) in [7, 11) is 3.10. The number of hydrogen-bond acceptors (Lipinski definition) is 6. The van der Waals surface area contributed by atoms with Crippen molar-refractivity contribution in [1.82, 2.24) is 10.2 Å². The second kappa shape index (κ2) is 9.30. The molecule has 2 fully saturated rings. The maximum atomic E-state index is 12.8. The molecule has 0 bridgehead atoms. The van der Waals surface area contributed by atoms with E-state index in [-0.39, 0.29) is 12.3 Å². The van der Waals surface area contributed by atoms with Gasteiger partial charge in [-0.25, -0.2) is 4.79 Å². The minimum absolute atomic E-state index is 0.000388. The Morgan fingerprint density at radius 3 is 2.74 bits per heavy atom. The van der Waals surface area contributed by atoms with Crippen molar-refractivity contribution in [2.45, 2.75) is 51.5 Å². The van der Waals surface area contributed by atoms with E-state index >= 15 is 0 Å². The molecule has 7 heteroatoms. The van der Waals surface area contributed by atoms with Gasteiger partial charge in [-0.2, -0.15) is 0 Å². The number of carbonyl (C=O) groups is 1. The highest BCUT2D eigenvalue weighted by atomic mass is 16.5. The van der Waals surface area contributed by atoms with Crippen LogP contribution in [0.5, 0.6) is 11.5 Å².